The van der Waals surface area contributed by atoms with Gasteiger partial charge in [-0.2, -0.15) is 0 Å². The first-order chi connectivity index (χ1) is 6.54. The molecular formula is C12H18O2. The maximum Gasteiger partial charge on any atom is 0.161 e. The molecule has 2 heteroatoms. The summed E-state index contributed by atoms with van der Waals surface area (Å²) in [6, 6.07) is 0. The van der Waals surface area contributed by atoms with Crippen molar-refractivity contribution in [3.63, 3.8) is 0 Å². The van der Waals surface area contributed by atoms with E-state index in [9.17, 15) is 9.90 Å². The number of fused-ring (bicyclic) bond motifs is 1. The van der Waals surface area contributed by atoms with Gasteiger partial charge in [0.2, 0.25) is 0 Å². The van der Waals surface area contributed by atoms with Crippen molar-refractivity contribution in [3.05, 3.63) is 11.6 Å². The average Bonchev–Trinajstić information content (AvgIpc) is 2.13. The fraction of sp³-hybridized carbons (Fsp3) is 0.750. The summed E-state index contributed by atoms with van der Waals surface area (Å²) in [5.74, 6) is 0.539. The molecule has 2 rings (SSSR count). The molecule has 0 saturated heterocycles. The van der Waals surface area contributed by atoms with Crippen LogP contribution >= 0.6 is 0 Å². The summed E-state index contributed by atoms with van der Waals surface area (Å²) in [7, 11) is 0. The number of aliphatic hydroxyl groups excluding tert-OH is 1. The summed E-state index contributed by atoms with van der Waals surface area (Å²) in [5.41, 5.74) is 1.13. The number of carbonyl (C=O) groups excluding carboxylic acids is 1. The SMILES string of the molecule is CC1=CC[C@@H]2CCC(=O)[C@@H](O)[C@]2(C)C1. The molecule has 0 radical (unpaired) electrons. The van der Waals surface area contributed by atoms with Gasteiger partial charge in [0.15, 0.2) is 5.78 Å². The third-order valence-electron chi connectivity index (χ3n) is 4.01. The van der Waals surface area contributed by atoms with Crippen molar-refractivity contribution in [1.29, 1.82) is 0 Å². The number of allylic oxidation sites excluding steroid dienone is 2. The standard InChI is InChI=1S/C12H18O2/c1-8-3-4-9-5-6-10(13)11(14)12(9,2)7-8/h3,9,11,14H,4-7H2,1-2H3/t9-,11-,12-/m1/s1. The second kappa shape index (κ2) is 3.20. The summed E-state index contributed by atoms with van der Waals surface area (Å²) < 4.78 is 0. The van der Waals surface area contributed by atoms with Gasteiger partial charge in [0.1, 0.15) is 6.10 Å². The van der Waals surface area contributed by atoms with Crippen LogP contribution in [0.1, 0.15) is 39.5 Å². The summed E-state index contributed by atoms with van der Waals surface area (Å²) in [4.78, 5) is 11.5. The molecule has 3 atom stereocenters. The van der Waals surface area contributed by atoms with E-state index in [1.807, 2.05) is 0 Å². The van der Waals surface area contributed by atoms with Crippen molar-refractivity contribution in [1.82, 2.24) is 0 Å². The minimum absolute atomic E-state index is 0.0402. The molecule has 14 heavy (non-hydrogen) atoms. The second-order valence-corrected chi connectivity index (χ2v) is 5.07. The molecule has 0 aromatic carbocycles. The van der Waals surface area contributed by atoms with Gasteiger partial charge >= 0.3 is 0 Å². The first-order valence-electron chi connectivity index (χ1n) is 5.40. The highest BCUT2D eigenvalue weighted by atomic mass is 16.3. The van der Waals surface area contributed by atoms with E-state index in [1.54, 1.807) is 0 Å². The van der Waals surface area contributed by atoms with Gasteiger partial charge in [0.25, 0.3) is 0 Å². The molecule has 0 aromatic heterocycles. The number of hydrogen-bond donors (Lipinski definition) is 1. The second-order valence-electron chi connectivity index (χ2n) is 5.07. The van der Waals surface area contributed by atoms with Crippen LogP contribution in [0.4, 0.5) is 0 Å². The number of rotatable bonds is 0. The molecule has 2 aliphatic rings. The number of carbonyl (C=O) groups is 1. The lowest BCUT2D eigenvalue weighted by Crippen LogP contribution is -2.49. The highest BCUT2D eigenvalue weighted by Crippen LogP contribution is 2.48. The van der Waals surface area contributed by atoms with Gasteiger partial charge in [-0.15, -0.1) is 0 Å². The Balaban J connectivity index is 2.30. The minimum atomic E-state index is -0.732. The predicted molar refractivity (Wildman–Crippen MR) is 54.8 cm³/mol. The van der Waals surface area contributed by atoms with E-state index in [1.165, 1.54) is 5.57 Å². The van der Waals surface area contributed by atoms with Gasteiger partial charge in [-0.05, 0) is 32.1 Å². The van der Waals surface area contributed by atoms with Crippen LogP contribution in [0.5, 0.6) is 0 Å². The summed E-state index contributed by atoms with van der Waals surface area (Å²) in [5, 5.41) is 9.97. The van der Waals surface area contributed by atoms with Crippen LogP contribution < -0.4 is 0 Å². The zero-order chi connectivity index (χ0) is 10.3. The quantitative estimate of drug-likeness (QED) is 0.599. The molecule has 1 saturated carbocycles. The van der Waals surface area contributed by atoms with E-state index in [2.05, 4.69) is 19.9 Å². The molecule has 0 aliphatic heterocycles. The van der Waals surface area contributed by atoms with Gasteiger partial charge in [-0.3, -0.25) is 4.79 Å². The van der Waals surface area contributed by atoms with E-state index in [0.29, 0.717) is 12.3 Å². The minimum Gasteiger partial charge on any atom is -0.385 e. The lowest BCUT2D eigenvalue weighted by atomic mass is 9.59. The Morgan fingerprint density at radius 2 is 2.29 bits per heavy atom. The van der Waals surface area contributed by atoms with Gasteiger partial charge in [0.05, 0.1) is 0 Å². The largest absolute Gasteiger partial charge is 0.385 e. The van der Waals surface area contributed by atoms with Crippen LogP contribution in [0.15, 0.2) is 11.6 Å². The summed E-state index contributed by atoms with van der Waals surface area (Å²) in [6.45, 7) is 4.16. The van der Waals surface area contributed by atoms with E-state index in [0.717, 1.165) is 19.3 Å². The summed E-state index contributed by atoms with van der Waals surface area (Å²) >= 11 is 0. The normalized spacial score (nSPS) is 43.1. The first kappa shape index (κ1) is 9.91. The smallest absolute Gasteiger partial charge is 0.161 e. The highest BCUT2D eigenvalue weighted by molar-refractivity contribution is 5.84. The average molecular weight is 194 g/mol. The first-order valence-corrected chi connectivity index (χ1v) is 5.40. The lowest BCUT2D eigenvalue weighted by Gasteiger charge is -2.46. The number of hydrogen-bond acceptors (Lipinski definition) is 2. The number of ketones is 1. The van der Waals surface area contributed by atoms with Crippen LogP contribution in [0, 0.1) is 11.3 Å². The van der Waals surface area contributed by atoms with Crippen molar-refractivity contribution in [2.45, 2.75) is 45.6 Å². The molecule has 1 N–H and O–H groups in total. The zero-order valence-electron chi connectivity index (χ0n) is 8.92. The van der Waals surface area contributed by atoms with Gasteiger partial charge in [-0.25, -0.2) is 0 Å². The third kappa shape index (κ3) is 1.33. The predicted octanol–water partition coefficient (Wildman–Crippen LogP) is 2.07. The Kier molecular flexibility index (Phi) is 2.26. The van der Waals surface area contributed by atoms with E-state index >= 15 is 0 Å². The Labute approximate surface area is 85.0 Å². The van der Waals surface area contributed by atoms with E-state index in [-0.39, 0.29) is 11.2 Å². The Bertz CT molecular complexity index is 293. The Hall–Kier alpha value is -0.630. The van der Waals surface area contributed by atoms with E-state index in [4.69, 9.17) is 0 Å². The highest BCUT2D eigenvalue weighted by Gasteiger charge is 2.47. The molecule has 0 heterocycles. The van der Waals surface area contributed by atoms with Gasteiger partial charge in [-0.1, -0.05) is 18.6 Å². The molecule has 0 bridgehead atoms. The maximum atomic E-state index is 11.5. The van der Waals surface area contributed by atoms with Crippen LogP contribution in [0.2, 0.25) is 0 Å². The van der Waals surface area contributed by atoms with Crippen molar-refractivity contribution in [2.75, 3.05) is 0 Å². The summed E-state index contributed by atoms with van der Waals surface area (Å²) in [6.07, 6.45) is 4.96. The molecule has 0 spiro atoms. The van der Waals surface area contributed by atoms with Crippen LogP contribution in [0.25, 0.3) is 0 Å². The molecule has 2 nitrogen and oxygen atoms in total. The van der Waals surface area contributed by atoms with Crippen molar-refractivity contribution in [3.8, 4) is 0 Å². The monoisotopic (exact) mass is 194 g/mol. The molecule has 2 aliphatic carbocycles. The molecular weight excluding hydrogens is 176 g/mol. The Morgan fingerprint density at radius 3 is 3.00 bits per heavy atom. The fourth-order valence-electron chi connectivity index (χ4n) is 3.02. The molecule has 78 valence electrons. The number of aliphatic hydroxyl groups is 1. The van der Waals surface area contributed by atoms with Crippen molar-refractivity contribution in [2.24, 2.45) is 11.3 Å². The van der Waals surface area contributed by atoms with Crippen molar-refractivity contribution >= 4 is 5.78 Å². The molecule has 0 amide bonds. The fourth-order valence-corrected chi connectivity index (χ4v) is 3.02. The molecule has 0 unspecified atom stereocenters. The lowest BCUT2D eigenvalue weighted by molar-refractivity contribution is -0.143. The zero-order valence-corrected chi connectivity index (χ0v) is 8.92. The molecule has 0 aromatic rings. The molecule has 1 fully saturated rings. The van der Waals surface area contributed by atoms with Crippen LogP contribution in [0.3, 0.4) is 0 Å². The van der Waals surface area contributed by atoms with Gasteiger partial charge < -0.3 is 5.11 Å². The third-order valence-corrected chi connectivity index (χ3v) is 4.01. The van der Waals surface area contributed by atoms with E-state index < -0.39 is 6.10 Å². The van der Waals surface area contributed by atoms with Crippen LogP contribution in [-0.4, -0.2) is 17.0 Å². The topological polar surface area (TPSA) is 37.3 Å². The maximum absolute atomic E-state index is 11.5. The van der Waals surface area contributed by atoms with Crippen LogP contribution in [-0.2, 0) is 4.79 Å². The van der Waals surface area contributed by atoms with Crippen molar-refractivity contribution < 1.29 is 9.90 Å². The Morgan fingerprint density at radius 1 is 1.57 bits per heavy atom. The number of Topliss-reactive ketones (excluding diaryl/α,β-unsaturated/α-hetero) is 1. The van der Waals surface area contributed by atoms with Gasteiger partial charge in [0, 0.05) is 11.8 Å².